The van der Waals surface area contributed by atoms with E-state index in [9.17, 15) is 4.79 Å². The van der Waals surface area contributed by atoms with Crippen molar-refractivity contribution in [2.45, 2.75) is 70.8 Å². The van der Waals surface area contributed by atoms with Crippen LogP contribution in [-0.4, -0.2) is 43.3 Å². The van der Waals surface area contributed by atoms with Crippen molar-refractivity contribution in [2.75, 3.05) is 31.6 Å². The molecule has 0 spiro atoms. The number of nitrogens with zero attached hydrogens (tertiary/aromatic N) is 1. The van der Waals surface area contributed by atoms with Gasteiger partial charge >= 0.3 is 6.09 Å². The van der Waals surface area contributed by atoms with Gasteiger partial charge in [0.2, 0.25) is 0 Å². The number of likely N-dealkylation sites (tertiary alicyclic amines) is 1. The summed E-state index contributed by atoms with van der Waals surface area (Å²) in [6.45, 7) is 6.15. The van der Waals surface area contributed by atoms with Crippen molar-refractivity contribution >= 4 is 11.8 Å². The first kappa shape index (κ1) is 21.0. The highest BCUT2D eigenvalue weighted by Crippen LogP contribution is 2.29. The highest BCUT2D eigenvalue weighted by molar-refractivity contribution is 5.86. The molecule has 1 N–H and O–H groups in total. The second-order valence-electron chi connectivity index (χ2n) is 8.17. The third-order valence-electron chi connectivity index (χ3n) is 5.87. The number of ether oxygens (including phenoxy) is 2. The van der Waals surface area contributed by atoms with Crippen LogP contribution in [0, 0.1) is 5.92 Å². The first-order valence-electron chi connectivity index (χ1n) is 11.2. The van der Waals surface area contributed by atoms with Crippen molar-refractivity contribution < 1.29 is 14.3 Å². The molecule has 1 saturated carbocycles. The zero-order chi connectivity index (χ0) is 19.6. The van der Waals surface area contributed by atoms with E-state index in [-0.39, 0.29) is 12.2 Å². The van der Waals surface area contributed by atoms with E-state index in [1.54, 1.807) is 0 Å². The molecule has 28 heavy (non-hydrogen) atoms. The number of para-hydroxylation sites is 2. The Bertz CT molecular complexity index is 601. The normalized spacial score (nSPS) is 23.6. The van der Waals surface area contributed by atoms with Crippen LogP contribution in [0.3, 0.4) is 0 Å². The van der Waals surface area contributed by atoms with Crippen LogP contribution in [0.25, 0.3) is 0 Å². The van der Waals surface area contributed by atoms with Gasteiger partial charge in [-0.15, -0.1) is 0 Å². The molecular formula is C23H36N2O3. The van der Waals surface area contributed by atoms with E-state index in [1.807, 2.05) is 24.3 Å². The molecule has 2 fully saturated rings. The lowest BCUT2D eigenvalue weighted by atomic mass is 9.95. The Kier molecular flexibility index (Phi) is 8.46. The molecule has 2 aliphatic rings. The minimum atomic E-state index is -0.358. The quantitative estimate of drug-likeness (QED) is 0.630. The number of amides is 1. The van der Waals surface area contributed by atoms with E-state index in [0.717, 1.165) is 32.2 Å². The maximum atomic E-state index is 12.7. The summed E-state index contributed by atoms with van der Waals surface area (Å²) in [5.41, 5.74) is 0.683. The van der Waals surface area contributed by atoms with Gasteiger partial charge in [0, 0.05) is 12.5 Å². The molecule has 1 saturated heterocycles. The van der Waals surface area contributed by atoms with Gasteiger partial charge in [-0.3, -0.25) is 5.32 Å². The molecule has 5 heteroatoms. The van der Waals surface area contributed by atoms with Gasteiger partial charge in [-0.25, -0.2) is 4.79 Å². The fraction of sp³-hybridized carbons (Fsp3) is 0.696. The van der Waals surface area contributed by atoms with Gasteiger partial charge in [0.15, 0.2) is 0 Å². The molecular weight excluding hydrogens is 352 g/mol. The Balaban J connectivity index is 1.58. The van der Waals surface area contributed by atoms with Crippen molar-refractivity contribution in [1.82, 2.24) is 4.90 Å². The van der Waals surface area contributed by atoms with E-state index < -0.39 is 0 Å². The fourth-order valence-electron chi connectivity index (χ4n) is 4.37. The summed E-state index contributed by atoms with van der Waals surface area (Å²) in [5.74, 6) is 1.14. The molecule has 0 unspecified atom stereocenters. The van der Waals surface area contributed by atoms with Gasteiger partial charge < -0.3 is 14.4 Å². The smallest absolute Gasteiger partial charge is 0.412 e. The molecule has 1 aliphatic carbocycles. The number of hydrogen-bond acceptors (Lipinski definition) is 4. The standard InChI is InChI=1S/C23H36N2O3/c1-2-17-27-22-14-8-7-12-20(22)24-23(26)28-21-13-6-3-5-11-19(21)18-25-15-9-4-10-16-25/h7-8,12,14,19,21H,2-6,9-11,13,15-18H2,1H3,(H,24,26)/t19-,21+/m1/s1. The van der Waals surface area contributed by atoms with E-state index in [2.05, 4.69) is 17.1 Å². The van der Waals surface area contributed by atoms with Crippen LogP contribution in [0.4, 0.5) is 10.5 Å². The Morgan fingerprint density at radius 1 is 1.07 bits per heavy atom. The molecule has 1 heterocycles. The average Bonchev–Trinajstić information content (AvgIpc) is 2.93. The van der Waals surface area contributed by atoms with Gasteiger partial charge in [0.25, 0.3) is 0 Å². The number of piperidine rings is 1. The van der Waals surface area contributed by atoms with Crippen LogP contribution in [0.1, 0.15) is 64.7 Å². The van der Waals surface area contributed by atoms with Crippen LogP contribution < -0.4 is 10.1 Å². The third-order valence-corrected chi connectivity index (χ3v) is 5.87. The molecule has 1 aromatic rings. The first-order valence-corrected chi connectivity index (χ1v) is 11.2. The van der Waals surface area contributed by atoms with Crippen molar-refractivity contribution in [2.24, 2.45) is 5.92 Å². The molecule has 156 valence electrons. The molecule has 0 aromatic heterocycles. The second kappa shape index (κ2) is 11.3. The predicted octanol–water partition coefficient (Wildman–Crippen LogP) is 5.46. The fourth-order valence-corrected chi connectivity index (χ4v) is 4.37. The maximum absolute atomic E-state index is 12.7. The van der Waals surface area contributed by atoms with Gasteiger partial charge in [-0.1, -0.05) is 38.3 Å². The van der Waals surface area contributed by atoms with E-state index in [1.165, 1.54) is 45.2 Å². The number of anilines is 1. The van der Waals surface area contributed by atoms with Gasteiger partial charge in [0.05, 0.1) is 12.3 Å². The summed E-state index contributed by atoms with van der Waals surface area (Å²) in [6, 6.07) is 7.57. The zero-order valence-corrected chi connectivity index (χ0v) is 17.3. The molecule has 1 aromatic carbocycles. The van der Waals surface area contributed by atoms with E-state index in [0.29, 0.717) is 24.0 Å². The minimum Gasteiger partial charge on any atom is -0.491 e. The van der Waals surface area contributed by atoms with Crippen molar-refractivity contribution in [1.29, 1.82) is 0 Å². The third kappa shape index (κ3) is 6.40. The van der Waals surface area contributed by atoms with E-state index >= 15 is 0 Å². The Hall–Kier alpha value is -1.75. The Morgan fingerprint density at radius 2 is 1.82 bits per heavy atom. The number of carbonyl (C=O) groups excluding carboxylic acids is 1. The van der Waals surface area contributed by atoms with Gasteiger partial charge in [-0.2, -0.15) is 0 Å². The number of rotatable bonds is 7. The van der Waals surface area contributed by atoms with Crippen molar-refractivity contribution in [3.05, 3.63) is 24.3 Å². The van der Waals surface area contributed by atoms with Crippen molar-refractivity contribution in [3.63, 3.8) is 0 Å². The Labute approximate surface area is 169 Å². The number of carbonyl (C=O) groups is 1. The highest BCUT2D eigenvalue weighted by atomic mass is 16.6. The predicted molar refractivity (Wildman–Crippen MR) is 113 cm³/mol. The SMILES string of the molecule is CCCOc1ccccc1NC(=O)O[C@H]1CCCCC[C@@H]1CN1CCCCC1. The van der Waals surface area contributed by atoms with Crippen LogP contribution >= 0.6 is 0 Å². The monoisotopic (exact) mass is 388 g/mol. The molecule has 1 amide bonds. The Morgan fingerprint density at radius 3 is 2.64 bits per heavy atom. The van der Waals surface area contributed by atoms with E-state index in [4.69, 9.17) is 9.47 Å². The number of benzene rings is 1. The summed E-state index contributed by atoms with van der Waals surface area (Å²) < 4.78 is 11.7. The van der Waals surface area contributed by atoms with Gasteiger partial charge in [0.1, 0.15) is 11.9 Å². The van der Waals surface area contributed by atoms with Crippen LogP contribution in [-0.2, 0) is 4.74 Å². The molecule has 3 rings (SSSR count). The summed E-state index contributed by atoms with van der Waals surface area (Å²) in [6.07, 6.45) is 10.3. The first-order chi connectivity index (χ1) is 13.8. The van der Waals surface area contributed by atoms with Crippen molar-refractivity contribution in [3.8, 4) is 5.75 Å². The molecule has 0 radical (unpaired) electrons. The lowest BCUT2D eigenvalue weighted by Gasteiger charge is -2.33. The molecule has 2 atom stereocenters. The maximum Gasteiger partial charge on any atom is 0.412 e. The average molecular weight is 389 g/mol. The largest absolute Gasteiger partial charge is 0.491 e. The van der Waals surface area contributed by atoms with Crippen LogP contribution in [0.2, 0.25) is 0 Å². The molecule has 5 nitrogen and oxygen atoms in total. The lowest BCUT2D eigenvalue weighted by Crippen LogP contribution is -2.39. The number of nitrogens with one attached hydrogen (secondary N) is 1. The van der Waals surface area contributed by atoms with Crippen LogP contribution in [0.15, 0.2) is 24.3 Å². The van der Waals surface area contributed by atoms with Gasteiger partial charge in [-0.05, 0) is 63.7 Å². The molecule has 1 aliphatic heterocycles. The minimum absolute atomic E-state index is 0.00755. The lowest BCUT2D eigenvalue weighted by molar-refractivity contribution is 0.0471. The summed E-state index contributed by atoms with van der Waals surface area (Å²) in [7, 11) is 0. The zero-order valence-electron chi connectivity index (χ0n) is 17.3. The summed E-state index contributed by atoms with van der Waals surface area (Å²) in [5, 5.41) is 2.91. The topological polar surface area (TPSA) is 50.8 Å². The second-order valence-corrected chi connectivity index (χ2v) is 8.17. The summed E-state index contributed by atoms with van der Waals surface area (Å²) in [4.78, 5) is 15.2. The number of hydrogen-bond donors (Lipinski definition) is 1. The molecule has 0 bridgehead atoms. The summed E-state index contributed by atoms with van der Waals surface area (Å²) >= 11 is 0. The highest BCUT2D eigenvalue weighted by Gasteiger charge is 2.29. The van der Waals surface area contributed by atoms with Crippen LogP contribution in [0.5, 0.6) is 5.75 Å².